The molecule has 0 spiro atoms. The zero-order valence-electron chi connectivity index (χ0n) is 8.51. The van der Waals surface area contributed by atoms with Crippen molar-refractivity contribution < 1.29 is 8.42 Å². The van der Waals surface area contributed by atoms with Gasteiger partial charge in [-0.15, -0.1) is 23.4 Å². The number of alkyl halides is 1. The molecule has 0 aliphatic rings. The zero-order valence-corrected chi connectivity index (χ0v) is 10.1. The SMILES string of the molecule is CC#CCCNS(=O)(=O)CC(C)CCl. The number of hydrogen-bond acceptors (Lipinski definition) is 2. The van der Waals surface area contributed by atoms with Gasteiger partial charge in [0.25, 0.3) is 0 Å². The molecular formula is C9H16ClNO2S. The molecule has 0 aromatic carbocycles. The Hall–Kier alpha value is -0.240. The van der Waals surface area contributed by atoms with Gasteiger partial charge >= 0.3 is 0 Å². The summed E-state index contributed by atoms with van der Waals surface area (Å²) in [6.45, 7) is 3.90. The van der Waals surface area contributed by atoms with Gasteiger partial charge in [0.1, 0.15) is 0 Å². The van der Waals surface area contributed by atoms with E-state index in [9.17, 15) is 8.42 Å². The molecule has 0 rings (SSSR count). The van der Waals surface area contributed by atoms with Gasteiger partial charge in [-0.05, 0) is 12.8 Å². The van der Waals surface area contributed by atoms with Crippen LogP contribution in [0.2, 0.25) is 0 Å². The van der Waals surface area contributed by atoms with Crippen molar-refractivity contribution in [3.8, 4) is 11.8 Å². The number of rotatable bonds is 6. The first kappa shape index (κ1) is 13.8. The highest BCUT2D eigenvalue weighted by Crippen LogP contribution is 2.01. The number of halogens is 1. The second-order valence-electron chi connectivity index (χ2n) is 3.11. The summed E-state index contributed by atoms with van der Waals surface area (Å²) in [5.74, 6) is 5.90. The highest BCUT2D eigenvalue weighted by atomic mass is 35.5. The maximum atomic E-state index is 11.3. The maximum absolute atomic E-state index is 11.3. The second kappa shape index (κ2) is 7.10. The predicted octanol–water partition coefficient (Wildman–Crippen LogP) is 1.19. The lowest BCUT2D eigenvalue weighted by Crippen LogP contribution is -2.30. The van der Waals surface area contributed by atoms with Crippen LogP contribution >= 0.6 is 11.6 Å². The molecule has 0 amide bonds. The Bertz CT molecular complexity index is 303. The zero-order chi connectivity index (χ0) is 11.0. The average molecular weight is 238 g/mol. The molecule has 82 valence electrons. The predicted molar refractivity (Wildman–Crippen MR) is 59.7 cm³/mol. The molecule has 1 N–H and O–H groups in total. The Morgan fingerprint density at radius 3 is 2.64 bits per heavy atom. The molecule has 0 saturated heterocycles. The van der Waals surface area contributed by atoms with Gasteiger partial charge in [-0.1, -0.05) is 6.92 Å². The number of sulfonamides is 1. The van der Waals surface area contributed by atoms with Gasteiger partial charge in [-0.2, -0.15) is 0 Å². The van der Waals surface area contributed by atoms with Gasteiger partial charge in [0.15, 0.2) is 0 Å². The van der Waals surface area contributed by atoms with E-state index in [2.05, 4.69) is 16.6 Å². The molecule has 0 bridgehead atoms. The lowest BCUT2D eigenvalue weighted by Gasteiger charge is -2.08. The molecule has 0 fully saturated rings. The summed E-state index contributed by atoms with van der Waals surface area (Å²) in [7, 11) is -3.18. The van der Waals surface area contributed by atoms with Crippen molar-refractivity contribution in [1.82, 2.24) is 4.72 Å². The van der Waals surface area contributed by atoms with Crippen LogP contribution in [-0.4, -0.2) is 26.6 Å². The maximum Gasteiger partial charge on any atom is 0.211 e. The van der Waals surface area contributed by atoms with E-state index >= 15 is 0 Å². The van der Waals surface area contributed by atoms with Gasteiger partial charge in [-0.25, -0.2) is 13.1 Å². The van der Waals surface area contributed by atoms with Crippen molar-refractivity contribution in [1.29, 1.82) is 0 Å². The smallest absolute Gasteiger partial charge is 0.211 e. The molecule has 3 nitrogen and oxygen atoms in total. The first-order valence-electron chi connectivity index (χ1n) is 4.44. The van der Waals surface area contributed by atoms with Gasteiger partial charge < -0.3 is 0 Å². The van der Waals surface area contributed by atoms with Gasteiger partial charge in [-0.3, -0.25) is 0 Å². The van der Waals surface area contributed by atoms with Crippen LogP contribution in [0.15, 0.2) is 0 Å². The number of hydrogen-bond donors (Lipinski definition) is 1. The first-order valence-corrected chi connectivity index (χ1v) is 6.63. The Morgan fingerprint density at radius 1 is 1.50 bits per heavy atom. The molecule has 0 aromatic rings. The van der Waals surface area contributed by atoms with Crippen LogP contribution in [0.25, 0.3) is 0 Å². The first-order chi connectivity index (χ1) is 6.52. The summed E-state index contributed by atoms with van der Waals surface area (Å²) in [4.78, 5) is 0. The Balaban J connectivity index is 3.88. The Labute approximate surface area is 91.3 Å². The minimum absolute atomic E-state index is 0.0218. The Morgan fingerprint density at radius 2 is 2.14 bits per heavy atom. The van der Waals surface area contributed by atoms with Crippen LogP contribution in [-0.2, 0) is 10.0 Å². The third-order valence-corrected chi connectivity index (χ3v) is 3.69. The van der Waals surface area contributed by atoms with E-state index in [4.69, 9.17) is 11.6 Å². The van der Waals surface area contributed by atoms with Crippen LogP contribution in [0.4, 0.5) is 0 Å². The average Bonchev–Trinajstić information content (AvgIpc) is 2.12. The third kappa shape index (κ3) is 7.19. The van der Waals surface area contributed by atoms with Crippen molar-refractivity contribution in [2.45, 2.75) is 20.3 Å². The van der Waals surface area contributed by atoms with E-state index in [0.717, 1.165) is 0 Å². The minimum Gasteiger partial charge on any atom is -0.214 e. The molecule has 0 radical (unpaired) electrons. The van der Waals surface area contributed by atoms with E-state index in [1.165, 1.54) is 0 Å². The van der Waals surface area contributed by atoms with E-state index in [0.29, 0.717) is 18.8 Å². The van der Waals surface area contributed by atoms with Crippen LogP contribution in [0, 0.1) is 17.8 Å². The molecule has 14 heavy (non-hydrogen) atoms. The molecule has 0 aromatic heterocycles. The monoisotopic (exact) mass is 237 g/mol. The molecule has 0 heterocycles. The summed E-state index contributed by atoms with van der Waals surface area (Å²) >= 11 is 5.53. The van der Waals surface area contributed by atoms with Gasteiger partial charge in [0.2, 0.25) is 10.0 Å². The van der Waals surface area contributed by atoms with Crippen LogP contribution < -0.4 is 4.72 Å². The Kier molecular flexibility index (Phi) is 6.98. The van der Waals surface area contributed by atoms with E-state index < -0.39 is 10.0 Å². The lowest BCUT2D eigenvalue weighted by molar-refractivity contribution is 0.569. The van der Waals surface area contributed by atoms with Crippen molar-refractivity contribution in [2.75, 3.05) is 18.2 Å². The molecule has 0 aliphatic carbocycles. The van der Waals surface area contributed by atoms with Crippen LogP contribution in [0.3, 0.4) is 0 Å². The fraction of sp³-hybridized carbons (Fsp3) is 0.778. The summed E-state index contributed by atoms with van der Waals surface area (Å²) in [6.07, 6.45) is 0.547. The van der Waals surface area contributed by atoms with Crippen LogP contribution in [0.5, 0.6) is 0 Å². The molecule has 1 atom stereocenters. The van der Waals surface area contributed by atoms with E-state index in [1.807, 2.05) is 0 Å². The standard InChI is InChI=1S/C9H16ClNO2S/c1-3-4-5-6-11-14(12,13)8-9(2)7-10/h9,11H,5-8H2,1-2H3. The second-order valence-corrected chi connectivity index (χ2v) is 5.27. The summed E-state index contributed by atoms with van der Waals surface area (Å²) in [5, 5.41) is 0. The van der Waals surface area contributed by atoms with Gasteiger partial charge in [0.05, 0.1) is 5.75 Å². The van der Waals surface area contributed by atoms with Crippen molar-refractivity contribution in [3.05, 3.63) is 0 Å². The van der Waals surface area contributed by atoms with E-state index in [-0.39, 0.29) is 11.7 Å². The summed E-state index contributed by atoms with van der Waals surface area (Å²) in [6, 6.07) is 0. The molecular weight excluding hydrogens is 222 g/mol. The highest BCUT2D eigenvalue weighted by Gasteiger charge is 2.13. The fourth-order valence-electron chi connectivity index (χ4n) is 0.872. The third-order valence-electron chi connectivity index (χ3n) is 1.52. The van der Waals surface area contributed by atoms with E-state index in [1.54, 1.807) is 13.8 Å². The molecule has 5 heteroatoms. The largest absolute Gasteiger partial charge is 0.214 e. The molecule has 1 unspecified atom stereocenters. The lowest BCUT2D eigenvalue weighted by atomic mass is 10.3. The molecule has 0 aliphatic heterocycles. The normalized spacial score (nSPS) is 13.1. The van der Waals surface area contributed by atoms with Crippen molar-refractivity contribution in [3.63, 3.8) is 0 Å². The summed E-state index contributed by atoms with van der Waals surface area (Å²) < 4.78 is 25.2. The topological polar surface area (TPSA) is 46.2 Å². The van der Waals surface area contributed by atoms with Crippen molar-refractivity contribution >= 4 is 21.6 Å². The minimum atomic E-state index is -3.18. The molecule has 0 saturated carbocycles. The summed E-state index contributed by atoms with van der Waals surface area (Å²) in [5.41, 5.74) is 0. The fourth-order valence-corrected chi connectivity index (χ4v) is 2.51. The number of nitrogens with one attached hydrogen (secondary N) is 1. The van der Waals surface area contributed by atoms with Crippen molar-refractivity contribution in [2.24, 2.45) is 5.92 Å². The quantitative estimate of drug-likeness (QED) is 0.429. The highest BCUT2D eigenvalue weighted by molar-refractivity contribution is 7.89. The van der Waals surface area contributed by atoms with Gasteiger partial charge in [0, 0.05) is 18.8 Å². The van der Waals surface area contributed by atoms with Crippen LogP contribution in [0.1, 0.15) is 20.3 Å².